The van der Waals surface area contributed by atoms with Gasteiger partial charge in [-0.3, -0.25) is 4.98 Å². The minimum Gasteiger partial charge on any atom is -0.424 e. The van der Waals surface area contributed by atoms with Gasteiger partial charge in [-0.05, 0) is 36.7 Å². The standard InChI is InChI=1S/C14H12ClN5O/c1-2-16-13-18-12(15)19-14(20-13)21-10-6-5-9-4-3-7-17-11(9)8-10/h3-8H,2H2,1H3,(H,16,18,19,20). The molecular weight excluding hydrogens is 290 g/mol. The van der Waals surface area contributed by atoms with Crippen molar-refractivity contribution < 1.29 is 4.74 Å². The third-order valence-electron chi connectivity index (χ3n) is 2.71. The lowest BCUT2D eigenvalue weighted by Gasteiger charge is -2.07. The second-order valence-electron chi connectivity index (χ2n) is 4.20. The molecule has 0 atom stereocenters. The van der Waals surface area contributed by atoms with E-state index in [-0.39, 0.29) is 11.3 Å². The molecule has 0 bridgehead atoms. The Morgan fingerprint density at radius 3 is 2.95 bits per heavy atom. The summed E-state index contributed by atoms with van der Waals surface area (Å²) in [6, 6.07) is 9.58. The Kier molecular flexibility index (Phi) is 3.79. The number of ether oxygens (including phenoxy) is 1. The molecule has 0 amide bonds. The van der Waals surface area contributed by atoms with E-state index in [1.54, 1.807) is 6.20 Å². The van der Waals surface area contributed by atoms with E-state index in [1.807, 2.05) is 37.3 Å². The second kappa shape index (κ2) is 5.88. The Bertz CT molecular complexity index is 780. The molecule has 7 heteroatoms. The molecule has 0 saturated heterocycles. The Morgan fingerprint density at radius 2 is 2.10 bits per heavy atom. The van der Waals surface area contributed by atoms with Crippen LogP contribution in [-0.4, -0.2) is 26.5 Å². The molecule has 0 aliphatic heterocycles. The first-order chi connectivity index (χ1) is 10.2. The van der Waals surface area contributed by atoms with Crippen LogP contribution in [-0.2, 0) is 0 Å². The summed E-state index contributed by atoms with van der Waals surface area (Å²) in [4.78, 5) is 16.3. The maximum absolute atomic E-state index is 5.85. The van der Waals surface area contributed by atoms with Crippen molar-refractivity contribution in [1.29, 1.82) is 0 Å². The zero-order valence-corrected chi connectivity index (χ0v) is 12.0. The van der Waals surface area contributed by atoms with E-state index < -0.39 is 0 Å². The van der Waals surface area contributed by atoms with Gasteiger partial charge in [0.15, 0.2) is 0 Å². The predicted octanol–water partition coefficient (Wildman–Crippen LogP) is 3.30. The number of aromatic nitrogens is 4. The molecule has 3 rings (SSSR count). The van der Waals surface area contributed by atoms with Crippen molar-refractivity contribution in [2.45, 2.75) is 6.92 Å². The molecule has 1 aromatic carbocycles. The zero-order valence-electron chi connectivity index (χ0n) is 11.2. The van der Waals surface area contributed by atoms with E-state index in [9.17, 15) is 0 Å². The van der Waals surface area contributed by atoms with Gasteiger partial charge >= 0.3 is 6.01 Å². The lowest BCUT2D eigenvalue weighted by atomic mass is 10.2. The molecule has 2 heterocycles. The zero-order chi connectivity index (χ0) is 14.7. The fourth-order valence-corrected chi connectivity index (χ4v) is 1.98. The summed E-state index contributed by atoms with van der Waals surface area (Å²) in [5, 5.41) is 4.08. The van der Waals surface area contributed by atoms with E-state index in [4.69, 9.17) is 16.3 Å². The molecule has 0 spiro atoms. The summed E-state index contributed by atoms with van der Waals surface area (Å²) >= 11 is 5.85. The van der Waals surface area contributed by atoms with Gasteiger partial charge in [0.1, 0.15) is 5.75 Å². The Hall–Kier alpha value is -2.47. The van der Waals surface area contributed by atoms with Crippen molar-refractivity contribution >= 4 is 28.5 Å². The first-order valence-corrected chi connectivity index (χ1v) is 6.80. The van der Waals surface area contributed by atoms with E-state index >= 15 is 0 Å². The number of rotatable bonds is 4. The Morgan fingerprint density at radius 1 is 1.19 bits per heavy atom. The van der Waals surface area contributed by atoms with Crippen LogP contribution in [0.1, 0.15) is 6.92 Å². The third-order valence-corrected chi connectivity index (χ3v) is 2.88. The van der Waals surface area contributed by atoms with Gasteiger partial charge in [0.05, 0.1) is 5.52 Å². The maximum Gasteiger partial charge on any atom is 0.328 e. The van der Waals surface area contributed by atoms with Crippen LogP contribution in [0.15, 0.2) is 36.5 Å². The quantitative estimate of drug-likeness (QED) is 0.797. The van der Waals surface area contributed by atoms with Crippen LogP contribution in [0.2, 0.25) is 5.28 Å². The highest BCUT2D eigenvalue weighted by atomic mass is 35.5. The average molecular weight is 302 g/mol. The number of fused-ring (bicyclic) bond motifs is 1. The summed E-state index contributed by atoms with van der Waals surface area (Å²) in [7, 11) is 0. The van der Waals surface area contributed by atoms with Gasteiger partial charge < -0.3 is 10.1 Å². The number of anilines is 1. The van der Waals surface area contributed by atoms with Gasteiger partial charge in [0.2, 0.25) is 11.2 Å². The first-order valence-electron chi connectivity index (χ1n) is 6.42. The van der Waals surface area contributed by atoms with Gasteiger partial charge in [0, 0.05) is 24.2 Å². The number of hydrogen-bond donors (Lipinski definition) is 1. The molecule has 1 N–H and O–H groups in total. The average Bonchev–Trinajstić information content (AvgIpc) is 2.47. The summed E-state index contributed by atoms with van der Waals surface area (Å²) in [6.07, 6.45) is 1.73. The molecule has 106 valence electrons. The van der Waals surface area contributed by atoms with Crippen LogP contribution in [0, 0.1) is 0 Å². The van der Waals surface area contributed by atoms with Crippen LogP contribution >= 0.6 is 11.6 Å². The van der Waals surface area contributed by atoms with Crippen molar-refractivity contribution in [1.82, 2.24) is 19.9 Å². The number of nitrogens with zero attached hydrogens (tertiary/aromatic N) is 4. The molecule has 3 aromatic rings. The van der Waals surface area contributed by atoms with Gasteiger partial charge in [0.25, 0.3) is 0 Å². The summed E-state index contributed by atoms with van der Waals surface area (Å²) in [6.45, 7) is 2.62. The largest absolute Gasteiger partial charge is 0.424 e. The minimum atomic E-state index is 0.0786. The molecule has 21 heavy (non-hydrogen) atoms. The number of benzene rings is 1. The smallest absolute Gasteiger partial charge is 0.328 e. The number of pyridine rings is 1. The molecule has 0 unspecified atom stereocenters. The molecule has 0 radical (unpaired) electrons. The van der Waals surface area contributed by atoms with E-state index in [0.29, 0.717) is 18.2 Å². The van der Waals surface area contributed by atoms with Gasteiger partial charge in [-0.1, -0.05) is 6.07 Å². The van der Waals surface area contributed by atoms with E-state index in [2.05, 4.69) is 25.3 Å². The summed E-state index contributed by atoms with van der Waals surface area (Å²) in [5.41, 5.74) is 0.835. The van der Waals surface area contributed by atoms with Gasteiger partial charge in [-0.15, -0.1) is 0 Å². The fourth-order valence-electron chi connectivity index (χ4n) is 1.83. The first kappa shape index (κ1) is 13.5. The van der Waals surface area contributed by atoms with Crippen molar-refractivity contribution in [2.75, 3.05) is 11.9 Å². The highest BCUT2D eigenvalue weighted by Crippen LogP contribution is 2.23. The van der Waals surface area contributed by atoms with Crippen LogP contribution in [0.4, 0.5) is 5.95 Å². The highest BCUT2D eigenvalue weighted by molar-refractivity contribution is 6.28. The fraction of sp³-hybridized carbons (Fsp3) is 0.143. The topological polar surface area (TPSA) is 72.8 Å². The van der Waals surface area contributed by atoms with Crippen molar-refractivity contribution in [3.05, 3.63) is 41.8 Å². The molecule has 0 aliphatic carbocycles. The molecular formula is C14H12ClN5O. The van der Waals surface area contributed by atoms with Crippen molar-refractivity contribution in [3.8, 4) is 11.8 Å². The number of nitrogens with one attached hydrogen (secondary N) is 1. The molecule has 6 nitrogen and oxygen atoms in total. The minimum absolute atomic E-state index is 0.0786. The van der Waals surface area contributed by atoms with Gasteiger partial charge in [-0.25, -0.2) is 0 Å². The second-order valence-corrected chi connectivity index (χ2v) is 4.54. The van der Waals surface area contributed by atoms with Crippen molar-refractivity contribution in [2.24, 2.45) is 0 Å². The SMILES string of the molecule is CCNc1nc(Cl)nc(Oc2ccc3cccnc3c2)n1. The molecule has 0 fully saturated rings. The number of halogens is 1. The maximum atomic E-state index is 5.85. The lowest BCUT2D eigenvalue weighted by Crippen LogP contribution is -2.04. The predicted molar refractivity (Wildman–Crippen MR) is 80.8 cm³/mol. The third kappa shape index (κ3) is 3.17. The lowest BCUT2D eigenvalue weighted by molar-refractivity contribution is 0.441. The van der Waals surface area contributed by atoms with E-state index in [1.165, 1.54) is 0 Å². The summed E-state index contributed by atoms with van der Waals surface area (Å²) in [5.74, 6) is 0.970. The molecule has 0 aliphatic rings. The molecule has 0 saturated carbocycles. The van der Waals surface area contributed by atoms with Gasteiger partial charge in [-0.2, -0.15) is 15.0 Å². The molecule has 2 aromatic heterocycles. The van der Waals surface area contributed by atoms with E-state index in [0.717, 1.165) is 10.9 Å². The highest BCUT2D eigenvalue weighted by Gasteiger charge is 2.07. The Labute approximate surface area is 126 Å². The number of hydrogen-bond acceptors (Lipinski definition) is 6. The summed E-state index contributed by atoms with van der Waals surface area (Å²) < 4.78 is 5.63. The van der Waals surface area contributed by atoms with Crippen LogP contribution in [0.5, 0.6) is 11.8 Å². The van der Waals surface area contributed by atoms with Crippen LogP contribution in [0.3, 0.4) is 0 Å². The Balaban J connectivity index is 1.90. The van der Waals surface area contributed by atoms with Crippen LogP contribution in [0.25, 0.3) is 10.9 Å². The monoisotopic (exact) mass is 301 g/mol. The van der Waals surface area contributed by atoms with Crippen LogP contribution < -0.4 is 10.1 Å². The normalized spacial score (nSPS) is 10.6. The van der Waals surface area contributed by atoms with Crippen molar-refractivity contribution in [3.63, 3.8) is 0 Å².